The fourth-order valence-corrected chi connectivity index (χ4v) is 1.07. The van der Waals surface area contributed by atoms with Gasteiger partial charge in [0.25, 0.3) is 0 Å². The van der Waals surface area contributed by atoms with Gasteiger partial charge in [0.15, 0.2) is 0 Å². The molecule has 0 fully saturated rings. The van der Waals surface area contributed by atoms with E-state index in [4.69, 9.17) is 5.11 Å². The summed E-state index contributed by atoms with van der Waals surface area (Å²) in [7, 11) is 0. The van der Waals surface area contributed by atoms with E-state index in [9.17, 15) is 4.79 Å². The zero-order chi connectivity index (χ0) is 9.84. The van der Waals surface area contributed by atoms with Crippen molar-refractivity contribution in [1.29, 1.82) is 0 Å². The molecule has 1 unspecified atom stereocenters. The lowest BCUT2D eigenvalue weighted by Gasteiger charge is -2.05. The van der Waals surface area contributed by atoms with Crippen molar-refractivity contribution in [2.24, 2.45) is 5.92 Å². The summed E-state index contributed by atoms with van der Waals surface area (Å²) in [5, 5.41) is 12.6. The zero-order valence-electron chi connectivity index (χ0n) is 7.77. The molecule has 1 atom stereocenters. The Morgan fingerprint density at radius 1 is 1.77 bits per heavy atom. The summed E-state index contributed by atoms with van der Waals surface area (Å²) in [5.41, 5.74) is 0. The SMILES string of the molecule is CCn1ncnc1CC(C)C(=O)O. The van der Waals surface area contributed by atoms with E-state index in [0.29, 0.717) is 6.42 Å². The van der Waals surface area contributed by atoms with E-state index < -0.39 is 11.9 Å². The van der Waals surface area contributed by atoms with Crippen molar-refractivity contribution in [3.05, 3.63) is 12.2 Å². The maximum Gasteiger partial charge on any atom is 0.306 e. The Hall–Kier alpha value is -1.39. The van der Waals surface area contributed by atoms with Gasteiger partial charge in [-0.1, -0.05) is 6.92 Å². The second-order valence-corrected chi connectivity index (χ2v) is 2.94. The van der Waals surface area contributed by atoms with Crippen LogP contribution in [0.15, 0.2) is 6.33 Å². The van der Waals surface area contributed by atoms with Gasteiger partial charge in [-0.3, -0.25) is 9.48 Å². The first-order valence-electron chi connectivity index (χ1n) is 4.24. The second kappa shape index (κ2) is 4.02. The van der Waals surface area contributed by atoms with E-state index in [1.54, 1.807) is 11.6 Å². The summed E-state index contributed by atoms with van der Waals surface area (Å²) in [6.07, 6.45) is 1.89. The lowest BCUT2D eigenvalue weighted by molar-refractivity contribution is -0.141. The monoisotopic (exact) mass is 183 g/mol. The first-order valence-corrected chi connectivity index (χ1v) is 4.24. The van der Waals surface area contributed by atoms with E-state index in [-0.39, 0.29) is 0 Å². The average Bonchev–Trinajstić information content (AvgIpc) is 2.51. The molecule has 0 amide bonds. The molecule has 1 aromatic heterocycles. The van der Waals surface area contributed by atoms with Crippen molar-refractivity contribution < 1.29 is 9.90 Å². The summed E-state index contributed by atoms with van der Waals surface area (Å²) < 4.78 is 1.71. The Bertz CT molecular complexity index is 295. The van der Waals surface area contributed by atoms with Crippen LogP contribution in [0.4, 0.5) is 0 Å². The van der Waals surface area contributed by atoms with Crippen LogP contribution < -0.4 is 0 Å². The van der Waals surface area contributed by atoms with E-state index in [1.807, 2.05) is 6.92 Å². The molecule has 1 N–H and O–H groups in total. The van der Waals surface area contributed by atoms with Gasteiger partial charge >= 0.3 is 5.97 Å². The normalized spacial score (nSPS) is 12.8. The number of aromatic nitrogens is 3. The molecule has 0 saturated heterocycles. The number of aryl methyl sites for hydroxylation is 1. The number of carbonyl (C=O) groups is 1. The molecule has 1 aromatic rings. The molecule has 13 heavy (non-hydrogen) atoms. The highest BCUT2D eigenvalue weighted by atomic mass is 16.4. The average molecular weight is 183 g/mol. The minimum absolute atomic E-state index is 0.408. The third kappa shape index (κ3) is 2.27. The van der Waals surface area contributed by atoms with E-state index in [0.717, 1.165) is 12.4 Å². The molecule has 0 aliphatic rings. The Morgan fingerprint density at radius 3 is 3.00 bits per heavy atom. The van der Waals surface area contributed by atoms with Crippen molar-refractivity contribution in [3.63, 3.8) is 0 Å². The number of nitrogens with zero attached hydrogens (tertiary/aromatic N) is 3. The minimum atomic E-state index is -0.800. The molecule has 5 nitrogen and oxygen atoms in total. The lowest BCUT2D eigenvalue weighted by Crippen LogP contribution is -2.15. The van der Waals surface area contributed by atoms with E-state index in [2.05, 4.69) is 10.1 Å². The van der Waals surface area contributed by atoms with Gasteiger partial charge in [-0.15, -0.1) is 0 Å². The third-order valence-corrected chi connectivity index (χ3v) is 1.91. The third-order valence-electron chi connectivity index (χ3n) is 1.91. The number of hydrogen-bond donors (Lipinski definition) is 1. The van der Waals surface area contributed by atoms with Gasteiger partial charge in [0.2, 0.25) is 0 Å². The molecule has 0 bridgehead atoms. The van der Waals surface area contributed by atoms with Crippen molar-refractivity contribution in [2.75, 3.05) is 0 Å². The first-order chi connectivity index (χ1) is 6.15. The molecule has 1 rings (SSSR count). The van der Waals surface area contributed by atoms with Crippen LogP contribution in [-0.4, -0.2) is 25.8 Å². The molecule has 5 heteroatoms. The van der Waals surface area contributed by atoms with Crippen LogP contribution in [0.25, 0.3) is 0 Å². The van der Waals surface area contributed by atoms with Crippen LogP contribution in [0.2, 0.25) is 0 Å². The predicted molar refractivity (Wildman–Crippen MR) is 46.2 cm³/mol. The van der Waals surface area contributed by atoms with Gasteiger partial charge < -0.3 is 5.11 Å². The van der Waals surface area contributed by atoms with Gasteiger partial charge in [-0.05, 0) is 6.92 Å². The summed E-state index contributed by atoms with van der Waals surface area (Å²) in [4.78, 5) is 14.6. The van der Waals surface area contributed by atoms with Gasteiger partial charge in [0.1, 0.15) is 12.2 Å². The van der Waals surface area contributed by atoms with Crippen LogP contribution >= 0.6 is 0 Å². The van der Waals surface area contributed by atoms with Crippen molar-refractivity contribution in [1.82, 2.24) is 14.8 Å². The van der Waals surface area contributed by atoms with Crippen LogP contribution in [0.5, 0.6) is 0 Å². The smallest absolute Gasteiger partial charge is 0.306 e. The summed E-state index contributed by atoms with van der Waals surface area (Å²) in [6, 6.07) is 0. The molecule has 72 valence electrons. The highest BCUT2D eigenvalue weighted by molar-refractivity contribution is 5.69. The molecule has 0 saturated carbocycles. The topological polar surface area (TPSA) is 68.0 Å². The largest absolute Gasteiger partial charge is 0.481 e. The molecule has 0 aliphatic carbocycles. The Morgan fingerprint density at radius 2 is 2.46 bits per heavy atom. The van der Waals surface area contributed by atoms with Crippen LogP contribution in [-0.2, 0) is 17.8 Å². The number of carboxylic acid groups (broad SMARTS) is 1. The van der Waals surface area contributed by atoms with E-state index >= 15 is 0 Å². The highest BCUT2D eigenvalue weighted by Crippen LogP contribution is 2.05. The van der Waals surface area contributed by atoms with Gasteiger partial charge in [0.05, 0.1) is 5.92 Å². The highest BCUT2D eigenvalue weighted by Gasteiger charge is 2.14. The maximum atomic E-state index is 10.6. The van der Waals surface area contributed by atoms with Crippen molar-refractivity contribution >= 4 is 5.97 Å². The second-order valence-electron chi connectivity index (χ2n) is 2.94. The summed E-state index contributed by atoms with van der Waals surface area (Å²) >= 11 is 0. The van der Waals surface area contributed by atoms with Gasteiger partial charge in [0, 0.05) is 13.0 Å². The lowest BCUT2D eigenvalue weighted by atomic mass is 10.1. The Balaban J connectivity index is 2.68. The van der Waals surface area contributed by atoms with E-state index in [1.165, 1.54) is 6.33 Å². The maximum absolute atomic E-state index is 10.6. The van der Waals surface area contributed by atoms with Crippen LogP contribution in [0.1, 0.15) is 19.7 Å². The molecule has 0 aliphatic heterocycles. The molecule has 0 spiro atoms. The summed E-state index contributed by atoms with van der Waals surface area (Å²) in [5.74, 6) is -0.474. The molecule has 1 heterocycles. The molecule has 0 aromatic carbocycles. The number of aliphatic carboxylic acids is 1. The predicted octanol–water partition coefficient (Wildman–Crippen LogP) is 0.561. The quantitative estimate of drug-likeness (QED) is 0.740. The number of hydrogen-bond acceptors (Lipinski definition) is 3. The molecule has 0 radical (unpaired) electrons. The minimum Gasteiger partial charge on any atom is -0.481 e. The van der Waals surface area contributed by atoms with Crippen LogP contribution in [0, 0.1) is 5.92 Å². The molecular formula is C8H13N3O2. The van der Waals surface area contributed by atoms with Crippen molar-refractivity contribution in [3.8, 4) is 0 Å². The molecular weight excluding hydrogens is 170 g/mol. The first kappa shape index (κ1) is 9.70. The van der Waals surface area contributed by atoms with Crippen LogP contribution in [0.3, 0.4) is 0 Å². The van der Waals surface area contributed by atoms with Gasteiger partial charge in [-0.25, -0.2) is 4.98 Å². The number of carboxylic acids is 1. The fourth-order valence-electron chi connectivity index (χ4n) is 1.07. The van der Waals surface area contributed by atoms with Crippen molar-refractivity contribution in [2.45, 2.75) is 26.8 Å². The summed E-state index contributed by atoms with van der Waals surface area (Å²) in [6.45, 7) is 4.34. The Kier molecular flexibility index (Phi) is 3.00. The fraction of sp³-hybridized carbons (Fsp3) is 0.625. The Labute approximate surface area is 76.4 Å². The number of rotatable bonds is 4. The standard InChI is InChI=1S/C8H13N3O2/c1-3-11-7(9-5-10-11)4-6(2)8(12)13/h5-6H,3-4H2,1-2H3,(H,12,13). The van der Waals surface area contributed by atoms with Gasteiger partial charge in [-0.2, -0.15) is 5.10 Å². The zero-order valence-corrected chi connectivity index (χ0v) is 7.77.